The molecule has 0 saturated carbocycles. The number of nitrogens with one attached hydrogen (secondary N) is 1. The maximum absolute atomic E-state index is 10.5. The molecular formula is C9H17NO. The van der Waals surface area contributed by atoms with Gasteiger partial charge >= 0.3 is 0 Å². The van der Waals surface area contributed by atoms with Gasteiger partial charge in [0, 0.05) is 12.5 Å². The van der Waals surface area contributed by atoms with Crippen molar-refractivity contribution in [3.05, 3.63) is 0 Å². The lowest BCUT2D eigenvalue weighted by atomic mass is 9.92. The molecule has 0 radical (unpaired) electrons. The van der Waals surface area contributed by atoms with E-state index in [2.05, 4.69) is 12.2 Å². The minimum atomic E-state index is 0.293. The van der Waals surface area contributed by atoms with Gasteiger partial charge in [-0.3, -0.25) is 0 Å². The first kappa shape index (κ1) is 8.72. The van der Waals surface area contributed by atoms with Gasteiger partial charge in [-0.25, -0.2) is 0 Å². The molecule has 64 valence electrons. The van der Waals surface area contributed by atoms with Crippen LogP contribution in [-0.2, 0) is 4.79 Å². The van der Waals surface area contributed by atoms with Gasteiger partial charge in [0.15, 0.2) is 0 Å². The van der Waals surface area contributed by atoms with Crippen LogP contribution in [-0.4, -0.2) is 19.4 Å². The average Bonchev–Trinajstić information content (AvgIpc) is 2.47. The Hall–Kier alpha value is -0.370. The topological polar surface area (TPSA) is 29.1 Å². The normalized spacial score (nSPS) is 30.6. The van der Waals surface area contributed by atoms with E-state index in [9.17, 15) is 4.79 Å². The SMILES string of the molecule is CCCC[C@H]1CNC[C@@H]1C=O. The van der Waals surface area contributed by atoms with Gasteiger partial charge < -0.3 is 10.1 Å². The van der Waals surface area contributed by atoms with Crippen LogP contribution in [0.5, 0.6) is 0 Å². The van der Waals surface area contributed by atoms with Crippen molar-refractivity contribution in [2.24, 2.45) is 11.8 Å². The molecule has 0 aromatic rings. The van der Waals surface area contributed by atoms with Gasteiger partial charge in [0.25, 0.3) is 0 Å². The number of carbonyl (C=O) groups is 1. The highest BCUT2D eigenvalue weighted by Gasteiger charge is 2.25. The van der Waals surface area contributed by atoms with Crippen LogP contribution in [0.1, 0.15) is 26.2 Å². The lowest BCUT2D eigenvalue weighted by molar-refractivity contribution is -0.111. The van der Waals surface area contributed by atoms with E-state index >= 15 is 0 Å². The van der Waals surface area contributed by atoms with E-state index in [4.69, 9.17) is 0 Å². The first-order chi connectivity index (χ1) is 5.38. The van der Waals surface area contributed by atoms with Crippen molar-refractivity contribution in [3.8, 4) is 0 Å². The molecule has 1 saturated heterocycles. The van der Waals surface area contributed by atoms with Crippen LogP contribution in [0.4, 0.5) is 0 Å². The van der Waals surface area contributed by atoms with E-state index in [1.54, 1.807) is 0 Å². The maximum atomic E-state index is 10.5. The Balaban J connectivity index is 2.25. The zero-order valence-electron chi connectivity index (χ0n) is 7.18. The van der Waals surface area contributed by atoms with Gasteiger partial charge in [0.1, 0.15) is 6.29 Å². The molecular weight excluding hydrogens is 138 g/mol. The minimum absolute atomic E-state index is 0.293. The maximum Gasteiger partial charge on any atom is 0.124 e. The fourth-order valence-electron chi connectivity index (χ4n) is 1.70. The Morgan fingerprint density at radius 2 is 2.36 bits per heavy atom. The number of hydrogen-bond acceptors (Lipinski definition) is 2. The van der Waals surface area contributed by atoms with Gasteiger partial charge in [0.05, 0.1) is 0 Å². The molecule has 0 unspecified atom stereocenters. The standard InChI is InChI=1S/C9H17NO/c1-2-3-4-8-5-10-6-9(8)7-11/h7-10H,2-6H2,1H3/t8-,9+/m0/s1. The van der Waals surface area contributed by atoms with E-state index in [0.29, 0.717) is 11.8 Å². The zero-order chi connectivity index (χ0) is 8.10. The third-order valence-electron chi connectivity index (χ3n) is 2.50. The molecule has 0 bridgehead atoms. The highest BCUT2D eigenvalue weighted by atomic mass is 16.1. The highest BCUT2D eigenvalue weighted by molar-refractivity contribution is 5.55. The largest absolute Gasteiger partial charge is 0.316 e. The third-order valence-corrected chi connectivity index (χ3v) is 2.50. The molecule has 2 atom stereocenters. The summed E-state index contributed by atoms with van der Waals surface area (Å²) in [5.41, 5.74) is 0. The van der Waals surface area contributed by atoms with Crippen LogP contribution in [0.15, 0.2) is 0 Å². The summed E-state index contributed by atoms with van der Waals surface area (Å²) in [6.07, 6.45) is 4.83. The lowest BCUT2D eigenvalue weighted by Crippen LogP contribution is -2.13. The molecule has 1 rings (SSSR count). The Bertz CT molecular complexity index is 125. The zero-order valence-corrected chi connectivity index (χ0v) is 7.18. The number of carbonyl (C=O) groups excluding carboxylic acids is 1. The molecule has 1 fully saturated rings. The van der Waals surface area contributed by atoms with Crippen molar-refractivity contribution < 1.29 is 4.79 Å². The fourth-order valence-corrected chi connectivity index (χ4v) is 1.70. The summed E-state index contributed by atoms with van der Waals surface area (Å²) in [7, 11) is 0. The summed E-state index contributed by atoms with van der Waals surface area (Å²) in [6, 6.07) is 0. The van der Waals surface area contributed by atoms with E-state index < -0.39 is 0 Å². The number of unbranched alkanes of at least 4 members (excludes halogenated alkanes) is 1. The van der Waals surface area contributed by atoms with Crippen molar-refractivity contribution in [1.82, 2.24) is 5.32 Å². The van der Waals surface area contributed by atoms with Crippen molar-refractivity contribution in [1.29, 1.82) is 0 Å². The van der Waals surface area contributed by atoms with Crippen LogP contribution in [0.3, 0.4) is 0 Å². The van der Waals surface area contributed by atoms with E-state index in [1.807, 2.05) is 0 Å². The van der Waals surface area contributed by atoms with Gasteiger partial charge in [0.2, 0.25) is 0 Å². The van der Waals surface area contributed by atoms with Gasteiger partial charge in [-0.1, -0.05) is 19.8 Å². The van der Waals surface area contributed by atoms with Crippen LogP contribution in [0.2, 0.25) is 0 Å². The van der Waals surface area contributed by atoms with E-state index in [-0.39, 0.29) is 0 Å². The highest BCUT2D eigenvalue weighted by Crippen LogP contribution is 2.20. The van der Waals surface area contributed by atoms with Gasteiger partial charge in [-0.2, -0.15) is 0 Å². The van der Waals surface area contributed by atoms with E-state index in [1.165, 1.54) is 19.3 Å². The molecule has 11 heavy (non-hydrogen) atoms. The van der Waals surface area contributed by atoms with Crippen LogP contribution in [0.25, 0.3) is 0 Å². The third kappa shape index (κ3) is 2.29. The van der Waals surface area contributed by atoms with Gasteiger partial charge in [-0.05, 0) is 18.9 Å². The molecule has 1 heterocycles. The van der Waals surface area contributed by atoms with E-state index in [0.717, 1.165) is 19.4 Å². The van der Waals surface area contributed by atoms with Crippen LogP contribution < -0.4 is 5.32 Å². The molecule has 0 aliphatic carbocycles. The van der Waals surface area contributed by atoms with Crippen molar-refractivity contribution in [2.75, 3.05) is 13.1 Å². The quantitative estimate of drug-likeness (QED) is 0.618. The van der Waals surface area contributed by atoms with Crippen LogP contribution in [0, 0.1) is 11.8 Å². The predicted molar refractivity (Wildman–Crippen MR) is 45.4 cm³/mol. The Morgan fingerprint density at radius 3 is 3.00 bits per heavy atom. The summed E-state index contributed by atoms with van der Waals surface area (Å²) in [5, 5.41) is 3.25. The summed E-state index contributed by atoms with van der Waals surface area (Å²) >= 11 is 0. The minimum Gasteiger partial charge on any atom is -0.316 e. The second-order valence-electron chi connectivity index (χ2n) is 3.36. The second kappa shape index (κ2) is 4.50. The van der Waals surface area contributed by atoms with Crippen molar-refractivity contribution >= 4 is 6.29 Å². The smallest absolute Gasteiger partial charge is 0.124 e. The molecule has 0 spiro atoms. The molecule has 1 aliphatic heterocycles. The predicted octanol–water partition coefficient (Wildman–Crippen LogP) is 1.21. The molecule has 0 aromatic heterocycles. The number of aldehydes is 1. The summed E-state index contributed by atoms with van der Waals surface area (Å²) in [5.74, 6) is 0.911. The average molecular weight is 155 g/mol. The number of hydrogen-bond donors (Lipinski definition) is 1. The first-order valence-corrected chi connectivity index (χ1v) is 4.54. The number of rotatable bonds is 4. The van der Waals surface area contributed by atoms with Crippen LogP contribution >= 0.6 is 0 Å². The Labute approximate surface area is 68.4 Å². The van der Waals surface area contributed by atoms with Gasteiger partial charge in [-0.15, -0.1) is 0 Å². The fraction of sp³-hybridized carbons (Fsp3) is 0.889. The summed E-state index contributed by atoms with van der Waals surface area (Å²) in [4.78, 5) is 10.5. The molecule has 0 aromatic carbocycles. The molecule has 2 heteroatoms. The molecule has 0 amide bonds. The molecule has 1 aliphatic rings. The van der Waals surface area contributed by atoms with Crippen molar-refractivity contribution in [2.45, 2.75) is 26.2 Å². The Morgan fingerprint density at radius 1 is 1.55 bits per heavy atom. The summed E-state index contributed by atoms with van der Waals surface area (Å²) in [6.45, 7) is 4.14. The van der Waals surface area contributed by atoms with Crippen molar-refractivity contribution in [3.63, 3.8) is 0 Å². The first-order valence-electron chi connectivity index (χ1n) is 4.54. The second-order valence-corrected chi connectivity index (χ2v) is 3.36. The molecule has 1 N–H and O–H groups in total. The lowest BCUT2D eigenvalue weighted by Gasteiger charge is -2.11. The molecule has 2 nitrogen and oxygen atoms in total. The monoisotopic (exact) mass is 155 g/mol. The Kier molecular flexibility index (Phi) is 3.57. The summed E-state index contributed by atoms with van der Waals surface area (Å²) < 4.78 is 0.